The molecule has 1 aromatic rings. The number of nitriles is 1. The van der Waals surface area contributed by atoms with Crippen LogP contribution in [0, 0.1) is 16.7 Å². The Kier molecular flexibility index (Phi) is 3.33. The fourth-order valence-electron chi connectivity index (χ4n) is 2.10. The molecule has 0 aromatic carbocycles. The second-order valence-electron chi connectivity index (χ2n) is 5.53. The summed E-state index contributed by atoms with van der Waals surface area (Å²) in [5.41, 5.74) is 2.14. The number of nitrogens with zero attached hydrogens (tertiary/aromatic N) is 4. The number of anilines is 1. The average Bonchev–Trinajstić information content (AvgIpc) is 2.38. The van der Waals surface area contributed by atoms with Gasteiger partial charge in [0.25, 0.3) is 0 Å². The van der Waals surface area contributed by atoms with Crippen LogP contribution in [0.4, 0.5) is 5.95 Å². The van der Waals surface area contributed by atoms with Gasteiger partial charge in [0.15, 0.2) is 0 Å². The third kappa shape index (κ3) is 2.67. The second-order valence-corrected chi connectivity index (χ2v) is 5.53. The molecule has 1 aromatic heterocycles. The molecule has 2 rings (SSSR count). The standard InChI is InChI=1S/C14H18N4/c1-14(2,3)11-5-8-18(9-6-11)13-16-7-4-12(10-15)17-13/h4-5,7H,6,8-9H2,1-3H3. The molecule has 1 aliphatic heterocycles. The molecular weight excluding hydrogens is 224 g/mol. The van der Waals surface area contributed by atoms with E-state index in [1.54, 1.807) is 12.3 Å². The van der Waals surface area contributed by atoms with E-state index in [0.29, 0.717) is 11.6 Å². The van der Waals surface area contributed by atoms with Crippen molar-refractivity contribution in [1.29, 1.82) is 5.26 Å². The van der Waals surface area contributed by atoms with E-state index in [1.165, 1.54) is 5.57 Å². The Morgan fingerprint density at radius 3 is 2.72 bits per heavy atom. The van der Waals surface area contributed by atoms with Gasteiger partial charge in [-0.2, -0.15) is 5.26 Å². The smallest absolute Gasteiger partial charge is 0.226 e. The lowest BCUT2D eigenvalue weighted by molar-refractivity contribution is 0.471. The van der Waals surface area contributed by atoms with E-state index in [0.717, 1.165) is 19.5 Å². The molecule has 0 unspecified atom stereocenters. The van der Waals surface area contributed by atoms with E-state index < -0.39 is 0 Å². The van der Waals surface area contributed by atoms with Crippen LogP contribution in [0.25, 0.3) is 0 Å². The van der Waals surface area contributed by atoms with Gasteiger partial charge in [0.2, 0.25) is 5.95 Å². The van der Waals surface area contributed by atoms with Crippen LogP contribution in [0.3, 0.4) is 0 Å². The second kappa shape index (κ2) is 4.77. The third-order valence-corrected chi connectivity index (χ3v) is 3.21. The first-order valence-corrected chi connectivity index (χ1v) is 6.18. The van der Waals surface area contributed by atoms with E-state index in [1.807, 2.05) is 6.07 Å². The minimum Gasteiger partial charge on any atom is -0.337 e. The van der Waals surface area contributed by atoms with Gasteiger partial charge < -0.3 is 4.90 Å². The molecular formula is C14H18N4. The maximum atomic E-state index is 8.84. The van der Waals surface area contributed by atoms with Crippen LogP contribution >= 0.6 is 0 Å². The summed E-state index contributed by atoms with van der Waals surface area (Å²) in [6.07, 6.45) is 4.93. The van der Waals surface area contributed by atoms with Crippen molar-refractivity contribution in [3.05, 3.63) is 29.6 Å². The Morgan fingerprint density at radius 1 is 1.39 bits per heavy atom. The lowest BCUT2D eigenvalue weighted by atomic mass is 9.83. The Morgan fingerprint density at radius 2 is 2.17 bits per heavy atom. The molecule has 2 heterocycles. The summed E-state index contributed by atoms with van der Waals surface area (Å²) in [6.45, 7) is 8.45. The zero-order chi connectivity index (χ0) is 13.2. The van der Waals surface area contributed by atoms with Gasteiger partial charge in [0.1, 0.15) is 11.8 Å². The average molecular weight is 242 g/mol. The molecule has 0 bridgehead atoms. The van der Waals surface area contributed by atoms with Crippen molar-refractivity contribution in [3.8, 4) is 6.07 Å². The van der Waals surface area contributed by atoms with E-state index in [4.69, 9.17) is 5.26 Å². The van der Waals surface area contributed by atoms with Crippen LogP contribution in [-0.4, -0.2) is 23.1 Å². The highest BCUT2D eigenvalue weighted by atomic mass is 15.2. The molecule has 0 radical (unpaired) electrons. The third-order valence-electron chi connectivity index (χ3n) is 3.21. The van der Waals surface area contributed by atoms with E-state index in [2.05, 4.69) is 41.7 Å². The summed E-state index contributed by atoms with van der Waals surface area (Å²) < 4.78 is 0. The molecule has 0 saturated heterocycles. The normalized spacial score (nSPS) is 16.1. The molecule has 0 spiro atoms. The maximum Gasteiger partial charge on any atom is 0.226 e. The summed E-state index contributed by atoms with van der Waals surface area (Å²) in [6, 6.07) is 3.68. The van der Waals surface area contributed by atoms with Crippen LogP contribution in [-0.2, 0) is 0 Å². The number of rotatable bonds is 1. The number of hydrogen-bond donors (Lipinski definition) is 0. The van der Waals surface area contributed by atoms with Gasteiger partial charge in [-0.15, -0.1) is 0 Å². The predicted molar refractivity (Wildman–Crippen MR) is 71.1 cm³/mol. The minimum atomic E-state index is 0.238. The lowest BCUT2D eigenvalue weighted by Crippen LogP contribution is -2.32. The van der Waals surface area contributed by atoms with Crippen LogP contribution in [0.1, 0.15) is 32.9 Å². The lowest BCUT2D eigenvalue weighted by Gasteiger charge is -2.32. The van der Waals surface area contributed by atoms with Gasteiger partial charge >= 0.3 is 0 Å². The van der Waals surface area contributed by atoms with Crippen molar-refractivity contribution < 1.29 is 0 Å². The van der Waals surface area contributed by atoms with Gasteiger partial charge in [-0.05, 0) is 17.9 Å². The molecule has 0 aliphatic carbocycles. The summed E-state index contributed by atoms with van der Waals surface area (Å²) in [4.78, 5) is 10.6. The molecule has 18 heavy (non-hydrogen) atoms. The Hall–Kier alpha value is -1.89. The highest BCUT2D eigenvalue weighted by Crippen LogP contribution is 2.30. The van der Waals surface area contributed by atoms with Crippen molar-refractivity contribution in [2.24, 2.45) is 5.41 Å². The quantitative estimate of drug-likeness (QED) is 0.710. The molecule has 0 fully saturated rings. The first-order chi connectivity index (χ1) is 8.50. The van der Waals surface area contributed by atoms with Crippen LogP contribution in [0.5, 0.6) is 0 Å². The minimum absolute atomic E-state index is 0.238. The van der Waals surface area contributed by atoms with Crippen LogP contribution in [0.2, 0.25) is 0 Å². The molecule has 0 N–H and O–H groups in total. The molecule has 0 amide bonds. The van der Waals surface area contributed by atoms with Gasteiger partial charge in [-0.1, -0.05) is 32.4 Å². The number of hydrogen-bond acceptors (Lipinski definition) is 4. The van der Waals surface area contributed by atoms with E-state index in [9.17, 15) is 0 Å². The fraction of sp³-hybridized carbons (Fsp3) is 0.500. The largest absolute Gasteiger partial charge is 0.337 e. The van der Waals surface area contributed by atoms with E-state index >= 15 is 0 Å². The number of aromatic nitrogens is 2. The van der Waals surface area contributed by atoms with Gasteiger partial charge in [-0.3, -0.25) is 0 Å². The van der Waals surface area contributed by atoms with Crippen LogP contribution in [0.15, 0.2) is 23.9 Å². The first-order valence-electron chi connectivity index (χ1n) is 6.18. The van der Waals surface area contributed by atoms with Crippen molar-refractivity contribution in [1.82, 2.24) is 9.97 Å². The summed E-state index contributed by atoms with van der Waals surface area (Å²) in [5, 5.41) is 8.84. The molecule has 0 atom stereocenters. The Balaban J connectivity index is 2.15. The monoisotopic (exact) mass is 242 g/mol. The van der Waals surface area contributed by atoms with Gasteiger partial charge in [0, 0.05) is 19.3 Å². The highest BCUT2D eigenvalue weighted by Gasteiger charge is 2.22. The molecule has 94 valence electrons. The maximum absolute atomic E-state index is 8.84. The fourth-order valence-corrected chi connectivity index (χ4v) is 2.10. The van der Waals surface area contributed by atoms with Crippen molar-refractivity contribution in [2.45, 2.75) is 27.2 Å². The molecule has 4 nitrogen and oxygen atoms in total. The molecule has 0 saturated carbocycles. The van der Waals surface area contributed by atoms with Crippen molar-refractivity contribution in [2.75, 3.05) is 18.0 Å². The van der Waals surface area contributed by atoms with Crippen LogP contribution < -0.4 is 4.90 Å². The summed E-state index contributed by atoms with van der Waals surface area (Å²) in [7, 11) is 0. The molecule has 1 aliphatic rings. The zero-order valence-electron chi connectivity index (χ0n) is 11.1. The SMILES string of the molecule is CC(C)(C)C1=CCN(c2nccc(C#N)n2)CC1. The van der Waals surface area contributed by atoms with Crippen molar-refractivity contribution >= 4 is 5.95 Å². The molecule has 4 heteroatoms. The predicted octanol–water partition coefficient (Wildman–Crippen LogP) is 2.53. The summed E-state index contributed by atoms with van der Waals surface area (Å²) >= 11 is 0. The summed E-state index contributed by atoms with van der Waals surface area (Å²) in [5.74, 6) is 0.651. The topological polar surface area (TPSA) is 52.8 Å². The van der Waals surface area contributed by atoms with Crippen molar-refractivity contribution in [3.63, 3.8) is 0 Å². The highest BCUT2D eigenvalue weighted by molar-refractivity contribution is 5.37. The van der Waals surface area contributed by atoms with Gasteiger partial charge in [0.05, 0.1) is 0 Å². The van der Waals surface area contributed by atoms with Gasteiger partial charge in [-0.25, -0.2) is 9.97 Å². The van der Waals surface area contributed by atoms with E-state index in [-0.39, 0.29) is 5.41 Å². The Labute approximate surface area is 108 Å². The first kappa shape index (κ1) is 12.6. The zero-order valence-corrected chi connectivity index (χ0v) is 11.1. The Bertz CT molecular complexity index is 505.